The summed E-state index contributed by atoms with van der Waals surface area (Å²) in [5.74, 6) is 0.0264. The topological polar surface area (TPSA) is 55.6 Å². The molecule has 3 aromatic rings. The first-order chi connectivity index (χ1) is 12.7. The van der Waals surface area contributed by atoms with Crippen molar-refractivity contribution in [1.29, 1.82) is 0 Å². The molecule has 3 rings (SSSR count). The van der Waals surface area contributed by atoms with E-state index >= 15 is 0 Å². The van der Waals surface area contributed by atoms with Crippen molar-refractivity contribution in [3.63, 3.8) is 0 Å². The minimum atomic E-state index is -4.60. The summed E-state index contributed by atoms with van der Waals surface area (Å²) in [4.78, 5) is 17.0. The lowest BCUT2D eigenvalue weighted by atomic mass is 10.2. The maximum Gasteiger partial charge on any atom is 0.417 e. The van der Waals surface area contributed by atoms with Crippen LogP contribution in [0.5, 0.6) is 5.75 Å². The largest absolute Gasteiger partial charge is 0.497 e. The Hall–Kier alpha value is -2.74. The number of benzene rings is 1. The number of nitrogens with one attached hydrogen (secondary N) is 1. The van der Waals surface area contributed by atoms with Gasteiger partial charge in [-0.2, -0.15) is 13.2 Å². The molecular weight excluding hydrogens is 383 g/mol. The van der Waals surface area contributed by atoms with Crippen LogP contribution in [0.15, 0.2) is 36.5 Å². The molecule has 0 spiro atoms. The van der Waals surface area contributed by atoms with E-state index in [0.29, 0.717) is 23.6 Å². The number of methoxy groups -OCH3 is 1. The number of nitrogens with zero attached hydrogens (tertiary/aromatic N) is 2. The van der Waals surface area contributed by atoms with E-state index in [1.807, 2.05) is 0 Å². The number of pyridine rings is 1. The molecule has 0 aliphatic rings. The second-order valence-electron chi connectivity index (χ2n) is 5.71. The average molecular weight is 398 g/mol. The van der Waals surface area contributed by atoms with Gasteiger partial charge in [0.2, 0.25) is 0 Å². The molecule has 0 radical (unpaired) electrons. The molecule has 1 N–H and O–H groups in total. The number of hydrogen-bond acceptors (Lipinski definition) is 3. The third kappa shape index (κ3) is 3.71. The molecule has 2 aromatic heterocycles. The predicted octanol–water partition coefficient (Wildman–Crippen LogP) is 4.83. The third-order valence-electron chi connectivity index (χ3n) is 3.97. The van der Waals surface area contributed by atoms with Gasteiger partial charge >= 0.3 is 6.18 Å². The van der Waals surface area contributed by atoms with Crippen LogP contribution in [0.25, 0.3) is 5.65 Å². The number of hydrogen-bond donors (Lipinski definition) is 1. The highest BCUT2D eigenvalue weighted by atomic mass is 35.5. The number of carbonyl (C=O) groups is 1. The Kier molecular flexibility index (Phi) is 5.01. The van der Waals surface area contributed by atoms with Crippen LogP contribution in [-0.4, -0.2) is 22.4 Å². The van der Waals surface area contributed by atoms with Crippen molar-refractivity contribution in [3.05, 3.63) is 58.5 Å². The maximum absolute atomic E-state index is 13.1. The summed E-state index contributed by atoms with van der Waals surface area (Å²) < 4.78 is 45.5. The average Bonchev–Trinajstić information content (AvgIpc) is 3.01. The number of anilines is 1. The van der Waals surface area contributed by atoms with E-state index in [9.17, 15) is 18.0 Å². The van der Waals surface area contributed by atoms with Crippen LogP contribution < -0.4 is 10.1 Å². The summed E-state index contributed by atoms with van der Waals surface area (Å²) in [6, 6.07) is 7.36. The Balaban J connectivity index is 2.07. The highest BCUT2D eigenvalue weighted by Gasteiger charge is 2.33. The predicted molar refractivity (Wildman–Crippen MR) is 95.5 cm³/mol. The molecule has 0 unspecified atom stereocenters. The molecule has 0 aliphatic carbocycles. The smallest absolute Gasteiger partial charge is 0.417 e. The van der Waals surface area contributed by atoms with Gasteiger partial charge in [-0.15, -0.1) is 0 Å². The van der Waals surface area contributed by atoms with Gasteiger partial charge in [-0.25, -0.2) is 4.98 Å². The van der Waals surface area contributed by atoms with E-state index in [-0.39, 0.29) is 16.4 Å². The Morgan fingerprint density at radius 3 is 2.52 bits per heavy atom. The highest BCUT2D eigenvalue weighted by Crippen LogP contribution is 2.33. The minimum Gasteiger partial charge on any atom is -0.497 e. The van der Waals surface area contributed by atoms with Gasteiger partial charge in [0, 0.05) is 11.9 Å². The van der Waals surface area contributed by atoms with Gasteiger partial charge in [0.05, 0.1) is 23.4 Å². The SMILES string of the molecule is CCc1nc2c(Cl)cc(C(F)(F)F)cn2c1C(=O)Nc1ccc(OC)cc1. The molecule has 1 amide bonds. The van der Waals surface area contributed by atoms with Crippen molar-refractivity contribution in [2.45, 2.75) is 19.5 Å². The molecule has 0 fully saturated rings. The van der Waals surface area contributed by atoms with Crippen LogP contribution in [0.2, 0.25) is 5.02 Å². The van der Waals surface area contributed by atoms with Crippen LogP contribution in [0, 0.1) is 0 Å². The van der Waals surface area contributed by atoms with Crippen molar-refractivity contribution in [2.75, 3.05) is 12.4 Å². The zero-order chi connectivity index (χ0) is 19.8. The van der Waals surface area contributed by atoms with Crippen LogP contribution in [0.4, 0.5) is 18.9 Å². The van der Waals surface area contributed by atoms with E-state index in [4.69, 9.17) is 16.3 Å². The van der Waals surface area contributed by atoms with E-state index in [0.717, 1.165) is 16.7 Å². The fraction of sp³-hybridized carbons (Fsp3) is 0.222. The van der Waals surface area contributed by atoms with Crippen LogP contribution in [0.3, 0.4) is 0 Å². The first-order valence-electron chi connectivity index (χ1n) is 7.97. The Labute approximate surface area is 157 Å². The summed E-state index contributed by atoms with van der Waals surface area (Å²) in [6.07, 6.45) is -3.42. The Morgan fingerprint density at radius 2 is 1.96 bits per heavy atom. The summed E-state index contributed by atoms with van der Waals surface area (Å²) >= 11 is 5.98. The third-order valence-corrected chi connectivity index (χ3v) is 4.25. The quantitative estimate of drug-likeness (QED) is 0.686. The molecule has 0 saturated carbocycles. The van der Waals surface area contributed by atoms with Gasteiger partial charge in [0.15, 0.2) is 5.65 Å². The number of aryl methyl sites for hydroxylation is 1. The van der Waals surface area contributed by atoms with Crippen LogP contribution >= 0.6 is 11.6 Å². The van der Waals surface area contributed by atoms with Crippen molar-refractivity contribution < 1.29 is 22.7 Å². The molecule has 142 valence electrons. The lowest BCUT2D eigenvalue weighted by Crippen LogP contribution is -2.17. The summed E-state index contributed by atoms with van der Waals surface area (Å²) in [5, 5.41) is 2.48. The zero-order valence-electron chi connectivity index (χ0n) is 14.4. The monoisotopic (exact) mass is 397 g/mol. The van der Waals surface area contributed by atoms with Gasteiger partial charge in [-0.1, -0.05) is 18.5 Å². The molecule has 0 saturated heterocycles. The minimum absolute atomic E-state index is 0.0105. The lowest BCUT2D eigenvalue weighted by Gasteiger charge is -2.11. The molecule has 1 aromatic carbocycles. The van der Waals surface area contributed by atoms with Gasteiger partial charge in [0.25, 0.3) is 5.91 Å². The molecule has 5 nitrogen and oxygen atoms in total. The van der Waals surface area contributed by atoms with Crippen molar-refractivity contribution in [1.82, 2.24) is 9.38 Å². The van der Waals surface area contributed by atoms with Gasteiger partial charge < -0.3 is 10.1 Å². The fourth-order valence-corrected chi connectivity index (χ4v) is 2.91. The molecule has 0 atom stereocenters. The van der Waals surface area contributed by atoms with Crippen molar-refractivity contribution >= 4 is 28.8 Å². The molecule has 9 heteroatoms. The first-order valence-corrected chi connectivity index (χ1v) is 8.35. The number of fused-ring (bicyclic) bond motifs is 1. The van der Waals surface area contributed by atoms with Gasteiger partial charge in [0.1, 0.15) is 11.4 Å². The van der Waals surface area contributed by atoms with E-state index < -0.39 is 17.6 Å². The lowest BCUT2D eigenvalue weighted by molar-refractivity contribution is -0.137. The van der Waals surface area contributed by atoms with Gasteiger partial charge in [-0.05, 0) is 36.8 Å². The number of carbonyl (C=O) groups excluding carboxylic acids is 1. The Morgan fingerprint density at radius 1 is 1.30 bits per heavy atom. The summed E-state index contributed by atoms with van der Waals surface area (Å²) in [5.41, 5.74) is -0.0330. The molecule has 0 aliphatic heterocycles. The maximum atomic E-state index is 13.1. The molecule has 0 bridgehead atoms. The number of ether oxygens (including phenoxy) is 1. The second-order valence-corrected chi connectivity index (χ2v) is 6.12. The van der Waals surface area contributed by atoms with Gasteiger partial charge in [-0.3, -0.25) is 9.20 Å². The van der Waals surface area contributed by atoms with Crippen LogP contribution in [0.1, 0.15) is 28.7 Å². The number of aromatic nitrogens is 2. The number of halogens is 4. The van der Waals surface area contributed by atoms with Crippen LogP contribution in [-0.2, 0) is 12.6 Å². The normalized spacial score (nSPS) is 11.6. The van der Waals surface area contributed by atoms with Crippen molar-refractivity contribution in [2.24, 2.45) is 0 Å². The van der Waals surface area contributed by atoms with E-state index in [1.54, 1.807) is 31.2 Å². The number of alkyl halides is 3. The van der Waals surface area contributed by atoms with Crippen molar-refractivity contribution in [3.8, 4) is 5.75 Å². The first kappa shape index (κ1) is 19.0. The number of rotatable bonds is 4. The standard InChI is InChI=1S/C18H15ClF3N3O2/c1-3-14-15(17(26)23-11-4-6-12(27-2)7-5-11)25-9-10(18(20,21)22)8-13(19)16(25)24-14/h4-9H,3H2,1-2H3,(H,23,26). The fourth-order valence-electron chi connectivity index (χ4n) is 2.66. The summed E-state index contributed by atoms with van der Waals surface area (Å²) in [7, 11) is 1.52. The zero-order valence-corrected chi connectivity index (χ0v) is 15.1. The highest BCUT2D eigenvalue weighted by molar-refractivity contribution is 6.33. The Bertz CT molecular complexity index is 998. The number of amides is 1. The molecule has 2 heterocycles. The molecular formula is C18H15ClF3N3O2. The second kappa shape index (κ2) is 7.11. The molecule has 27 heavy (non-hydrogen) atoms. The number of imidazole rings is 1. The van der Waals surface area contributed by atoms with E-state index in [2.05, 4.69) is 10.3 Å². The van der Waals surface area contributed by atoms with E-state index in [1.165, 1.54) is 7.11 Å². The summed E-state index contributed by atoms with van der Waals surface area (Å²) in [6.45, 7) is 1.75.